The molecule has 4 aliphatic rings. The normalized spacial score (nSPS) is 52.3. The first-order valence-corrected chi connectivity index (χ1v) is 9.56. The Morgan fingerprint density at radius 2 is 1.96 bits per heavy atom. The van der Waals surface area contributed by atoms with Crippen LogP contribution < -0.4 is 0 Å². The molecule has 0 saturated heterocycles. The molecule has 3 heteroatoms. The monoisotopic (exact) mass is 320 g/mol. The zero-order chi connectivity index (χ0) is 16.2. The van der Waals surface area contributed by atoms with Crippen molar-refractivity contribution in [1.29, 1.82) is 0 Å². The van der Waals surface area contributed by atoms with Gasteiger partial charge in [-0.25, -0.2) is 0 Å². The molecule has 3 nitrogen and oxygen atoms in total. The minimum absolute atomic E-state index is 0.106. The molecule has 0 aromatic heterocycles. The highest BCUT2D eigenvalue weighted by molar-refractivity contribution is 5.26. The average Bonchev–Trinajstić information content (AvgIpc) is 2.84. The van der Waals surface area contributed by atoms with Crippen LogP contribution in [0.2, 0.25) is 0 Å². The molecular formula is C20H32O3. The molecule has 0 heterocycles. The second-order valence-corrected chi connectivity index (χ2v) is 8.97. The van der Waals surface area contributed by atoms with E-state index in [1.807, 2.05) is 7.11 Å². The Kier molecular flexibility index (Phi) is 3.90. The fourth-order valence-electron chi connectivity index (χ4n) is 6.94. The Balaban J connectivity index is 1.70. The second-order valence-electron chi connectivity index (χ2n) is 8.97. The molecular weight excluding hydrogens is 288 g/mol. The van der Waals surface area contributed by atoms with Crippen LogP contribution in [0.15, 0.2) is 11.6 Å². The summed E-state index contributed by atoms with van der Waals surface area (Å²) in [6.45, 7) is 3.14. The van der Waals surface area contributed by atoms with Crippen LogP contribution in [-0.2, 0) is 4.74 Å². The summed E-state index contributed by atoms with van der Waals surface area (Å²) in [6, 6.07) is 0. The van der Waals surface area contributed by atoms with Gasteiger partial charge in [0.15, 0.2) is 0 Å². The van der Waals surface area contributed by atoms with E-state index in [0.717, 1.165) is 45.1 Å². The average molecular weight is 320 g/mol. The molecule has 4 rings (SSSR count). The second kappa shape index (κ2) is 5.57. The Bertz CT molecular complexity index is 501. The predicted octanol–water partition coefficient (Wildman–Crippen LogP) is 3.30. The van der Waals surface area contributed by atoms with Crippen LogP contribution in [-0.4, -0.2) is 36.1 Å². The first-order chi connectivity index (χ1) is 11.0. The van der Waals surface area contributed by atoms with Gasteiger partial charge in [-0.3, -0.25) is 0 Å². The molecule has 2 N–H and O–H groups in total. The third kappa shape index (κ3) is 2.19. The highest BCUT2D eigenvalue weighted by Gasteiger charge is 2.59. The van der Waals surface area contributed by atoms with Gasteiger partial charge >= 0.3 is 0 Å². The quantitative estimate of drug-likeness (QED) is 0.768. The van der Waals surface area contributed by atoms with Gasteiger partial charge in [-0.2, -0.15) is 0 Å². The molecule has 3 unspecified atom stereocenters. The SMILES string of the molecule is COC[C@]12CC[C@H](O)CC1=CCC1C2CC[C@@]2(C)C1CC[C@@H]2O. The van der Waals surface area contributed by atoms with Gasteiger partial charge in [-0.1, -0.05) is 18.6 Å². The van der Waals surface area contributed by atoms with E-state index in [1.165, 1.54) is 18.4 Å². The molecule has 0 aromatic carbocycles. The molecule has 0 radical (unpaired) electrons. The number of ether oxygens (including phenoxy) is 1. The van der Waals surface area contributed by atoms with E-state index in [4.69, 9.17) is 4.74 Å². The summed E-state index contributed by atoms with van der Waals surface area (Å²) >= 11 is 0. The number of fused-ring (bicyclic) bond motifs is 5. The number of rotatable bonds is 2. The molecule has 0 aromatic rings. The molecule has 130 valence electrons. The van der Waals surface area contributed by atoms with Crippen molar-refractivity contribution in [3.05, 3.63) is 11.6 Å². The Hall–Kier alpha value is -0.380. The van der Waals surface area contributed by atoms with Crippen molar-refractivity contribution in [3.8, 4) is 0 Å². The zero-order valence-corrected chi connectivity index (χ0v) is 14.6. The third-order valence-corrected chi connectivity index (χ3v) is 8.15. The molecule has 23 heavy (non-hydrogen) atoms. The van der Waals surface area contributed by atoms with Gasteiger partial charge in [-0.15, -0.1) is 0 Å². The summed E-state index contributed by atoms with van der Waals surface area (Å²) in [5.41, 5.74) is 1.77. The van der Waals surface area contributed by atoms with E-state index >= 15 is 0 Å². The van der Waals surface area contributed by atoms with Gasteiger partial charge in [0.2, 0.25) is 0 Å². The standard InChI is InChI=1S/C20H32O3/c1-19-9-8-17-15(16(19)5-6-18(19)22)4-3-13-11-14(21)7-10-20(13,17)12-23-2/h3,14-18,21-22H,4-12H2,1-2H3/t14-,15?,16?,17?,18-,19-,20+/m0/s1. The van der Waals surface area contributed by atoms with E-state index in [2.05, 4.69) is 13.0 Å². The fraction of sp³-hybridized carbons (Fsp3) is 0.900. The van der Waals surface area contributed by atoms with E-state index in [0.29, 0.717) is 17.8 Å². The van der Waals surface area contributed by atoms with Gasteiger partial charge in [0.25, 0.3) is 0 Å². The van der Waals surface area contributed by atoms with Crippen molar-refractivity contribution < 1.29 is 14.9 Å². The zero-order valence-electron chi connectivity index (χ0n) is 14.6. The molecule has 3 fully saturated rings. The summed E-state index contributed by atoms with van der Waals surface area (Å²) in [5.74, 6) is 2.04. The topological polar surface area (TPSA) is 49.7 Å². The van der Waals surface area contributed by atoms with E-state index in [-0.39, 0.29) is 23.0 Å². The lowest BCUT2D eigenvalue weighted by Gasteiger charge is -2.58. The van der Waals surface area contributed by atoms with Crippen LogP contribution >= 0.6 is 0 Å². The highest BCUT2D eigenvalue weighted by atomic mass is 16.5. The number of aliphatic hydroxyl groups excluding tert-OH is 2. The van der Waals surface area contributed by atoms with E-state index in [1.54, 1.807) is 0 Å². The number of methoxy groups -OCH3 is 1. The van der Waals surface area contributed by atoms with E-state index in [9.17, 15) is 10.2 Å². The van der Waals surface area contributed by atoms with E-state index < -0.39 is 0 Å². The van der Waals surface area contributed by atoms with Crippen LogP contribution in [0.5, 0.6) is 0 Å². The maximum atomic E-state index is 10.5. The minimum atomic E-state index is -0.162. The fourth-order valence-corrected chi connectivity index (χ4v) is 6.94. The molecule has 3 saturated carbocycles. The lowest BCUT2D eigenvalue weighted by Crippen LogP contribution is -2.53. The lowest BCUT2D eigenvalue weighted by atomic mass is 9.47. The Labute approximate surface area is 140 Å². The van der Waals surface area contributed by atoms with Crippen molar-refractivity contribution in [2.75, 3.05) is 13.7 Å². The summed E-state index contributed by atoms with van der Waals surface area (Å²) < 4.78 is 5.71. The van der Waals surface area contributed by atoms with Gasteiger partial charge in [0, 0.05) is 12.5 Å². The van der Waals surface area contributed by atoms with Crippen LogP contribution in [0.4, 0.5) is 0 Å². The minimum Gasteiger partial charge on any atom is -0.393 e. The molecule has 7 atom stereocenters. The number of allylic oxidation sites excluding steroid dienone is 1. The Morgan fingerprint density at radius 1 is 1.13 bits per heavy atom. The summed E-state index contributed by atoms with van der Waals surface area (Å²) in [4.78, 5) is 0. The first kappa shape index (κ1) is 16.1. The van der Waals surface area contributed by atoms with Crippen LogP contribution in [0.25, 0.3) is 0 Å². The van der Waals surface area contributed by atoms with Crippen LogP contribution in [0.3, 0.4) is 0 Å². The highest BCUT2D eigenvalue weighted by Crippen LogP contribution is 2.64. The molecule has 0 aliphatic heterocycles. The predicted molar refractivity (Wildman–Crippen MR) is 89.9 cm³/mol. The summed E-state index contributed by atoms with van der Waals surface area (Å²) in [7, 11) is 1.83. The number of hydrogen-bond acceptors (Lipinski definition) is 3. The van der Waals surface area contributed by atoms with Crippen LogP contribution in [0.1, 0.15) is 58.3 Å². The summed E-state index contributed by atoms with van der Waals surface area (Å²) in [6.07, 6.45) is 10.7. The van der Waals surface area contributed by atoms with Crippen LogP contribution in [0, 0.1) is 28.6 Å². The summed E-state index contributed by atoms with van der Waals surface area (Å²) in [5, 5.41) is 20.7. The van der Waals surface area contributed by atoms with Crippen molar-refractivity contribution in [2.45, 2.75) is 70.5 Å². The smallest absolute Gasteiger partial charge is 0.0596 e. The largest absolute Gasteiger partial charge is 0.393 e. The number of hydrogen-bond donors (Lipinski definition) is 2. The van der Waals surface area contributed by atoms with Crippen molar-refractivity contribution in [2.24, 2.45) is 28.6 Å². The molecule has 0 bridgehead atoms. The molecule has 0 spiro atoms. The third-order valence-electron chi connectivity index (χ3n) is 8.15. The van der Waals surface area contributed by atoms with Crippen molar-refractivity contribution in [3.63, 3.8) is 0 Å². The Morgan fingerprint density at radius 3 is 2.74 bits per heavy atom. The van der Waals surface area contributed by atoms with Gasteiger partial charge < -0.3 is 14.9 Å². The van der Waals surface area contributed by atoms with Gasteiger partial charge in [0.1, 0.15) is 0 Å². The lowest BCUT2D eigenvalue weighted by molar-refractivity contribution is -0.0935. The molecule has 4 aliphatic carbocycles. The van der Waals surface area contributed by atoms with Gasteiger partial charge in [0.05, 0.1) is 18.8 Å². The molecule has 0 amide bonds. The maximum absolute atomic E-state index is 10.5. The first-order valence-electron chi connectivity index (χ1n) is 9.56. The van der Waals surface area contributed by atoms with Gasteiger partial charge in [-0.05, 0) is 74.5 Å². The van der Waals surface area contributed by atoms with Crippen molar-refractivity contribution >= 4 is 0 Å². The van der Waals surface area contributed by atoms with Crippen molar-refractivity contribution in [1.82, 2.24) is 0 Å². The maximum Gasteiger partial charge on any atom is 0.0596 e. The number of aliphatic hydroxyl groups is 2.